The summed E-state index contributed by atoms with van der Waals surface area (Å²) >= 11 is 7.05. The first-order valence-electron chi connectivity index (χ1n) is 7.26. The molecule has 3 aromatic rings. The molecule has 0 unspecified atom stereocenters. The number of benzene rings is 2. The third-order valence-electron chi connectivity index (χ3n) is 4.36. The number of pyridine rings is 1. The van der Waals surface area contributed by atoms with Crippen LogP contribution in [-0.2, 0) is 5.60 Å². The van der Waals surface area contributed by atoms with Crippen LogP contribution in [0.15, 0.2) is 63.7 Å². The molecular formula is C19H13Br2NO. The van der Waals surface area contributed by atoms with Gasteiger partial charge in [0.25, 0.3) is 0 Å². The van der Waals surface area contributed by atoms with Crippen LogP contribution in [0.4, 0.5) is 0 Å². The molecule has 0 spiro atoms. The van der Waals surface area contributed by atoms with Gasteiger partial charge in [0, 0.05) is 37.5 Å². The van der Waals surface area contributed by atoms with Gasteiger partial charge in [-0.1, -0.05) is 50.1 Å². The number of aromatic nitrogens is 1. The molecule has 2 nitrogen and oxygen atoms in total. The van der Waals surface area contributed by atoms with E-state index in [0.29, 0.717) is 0 Å². The molecule has 0 saturated carbocycles. The van der Waals surface area contributed by atoms with Gasteiger partial charge in [-0.05, 0) is 48.4 Å². The van der Waals surface area contributed by atoms with E-state index in [1.807, 2.05) is 55.5 Å². The number of aryl methyl sites for hydroxylation is 1. The monoisotopic (exact) mass is 429 g/mol. The normalized spacial score (nSPS) is 14.4. The average Bonchev–Trinajstić information content (AvgIpc) is 2.78. The lowest BCUT2D eigenvalue weighted by atomic mass is 9.85. The van der Waals surface area contributed by atoms with E-state index in [0.717, 1.165) is 42.5 Å². The topological polar surface area (TPSA) is 33.1 Å². The van der Waals surface area contributed by atoms with E-state index < -0.39 is 5.60 Å². The largest absolute Gasteiger partial charge is 0.376 e. The van der Waals surface area contributed by atoms with Gasteiger partial charge < -0.3 is 5.11 Å². The van der Waals surface area contributed by atoms with E-state index in [1.165, 1.54) is 0 Å². The highest BCUT2D eigenvalue weighted by molar-refractivity contribution is 9.10. The molecule has 23 heavy (non-hydrogen) atoms. The van der Waals surface area contributed by atoms with Crippen molar-refractivity contribution in [3.8, 4) is 11.1 Å². The highest BCUT2D eigenvalue weighted by Gasteiger charge is 2.43. The predicted molar refractivity (Wildman–Crippen MR) is 98.4 cm³/mol. The van der Waals surface area contributed by atoms with E-state index in [4.69, 9.17) is 0 Å². The first-order chi connectivity index (χ1) is 11.0. The van der Waals surface area contributed by atoms with E-state index in [2.05, 4.69) is 36.8 Å². The molecule has 0 aliphatic heterocycles. The predicted octanol–water partition coefficient (Wildman–Crippen LogP) is 5.18. The number of hydrogen-bond donors (Lipinski definition) is 1. The summed E-state index contributed by atoms with van der Waals surface area (Å²) in [5.74, 6) is 0. The Kier molecular flexibility index (Phi) is 3.45. The Morgan fingerprint density at radius 3 is 1.91 bits per heavy atom. The second-order valence-electron chi connectivity index (χ2n) is 5.78. The summed E-state index contributed by atoms with van der Waals surface area (Å²) in [5.41, 5.74) is 4.38. The van der Waals surface area contributed by atoms with Crippen molar-refractivity contribution in [2.45, 2.75) is 12.5 Å². The number of rotatable bonds is 1. The smallest absolute Gasteiger partial charge is 0.143 e. The van der Waals surface area contributed by atoms with Gasteiger partial charge in [-0.25, -0.2) is 0 Å². The Bertz CT molecular complexity index is 868. The minimum Gasteiger partial charge on any atom is -0.376 e. The van der Waals surface area contributed by atoms with Gasteiger partial charge in [0.15, 0.2) is 0 Å². The summed E-state index contributed by atoms with van der Waals surface area (Å²) in [5, 5.41) is 11.7. The van der Waals surface area contributed by atoms with Crippen molar-refractivity contribution in [1.29, 1.82) is 0 Å². The highest BCUT2D eigenvalue weighted by Crippen LogP contribution is 2.51. The van der Waals surface area contributed by atoms with E-state index in [1.54, 1.807) is 6.20 Å². The van der Waals surface area contributed by atoms with Gasteiger partial charge >= 0.3 is 0 Å². The van der Waals surface area contributed by atoms with Crippen LogP contribution in [0.1, 0.15) is 22.4 Å². The molecule has 0 amide bonds. The number of halogens is 2. The maximum atomic E-state index is 11.7. The maximum absolute atomic E-state index is 11.7. The average molecular weight is 431 g/mol. The molecule has 0 saturated heterocycles. The summed E-state index contributed by atoms with van der Waals surface area (Å²) in [4.78, 5) is 4.38. The van der Waals surface area contributed by atoms with E-state index in [-0.39, 0.29) is 0 Å². The molecule has 1 aliphatic rings. The number of nitrogens with zero attached hydrogens (tertiary/aromatic N) is 1. The van der Waals surface area contributed by atoms with Crippen molar-refractivity contribution in [3.63, 3.8) is 0 Å². The zero-order valence-corrected chi connectivity index (χ0v) is 15.5. The van der Waals surface area contributed by atoms with Crippen LogP contribution in [0.25, 0.3) is 11.1 Å². The zero-order valence-electron chi connectivity index (χ0n) is 12.3. The Balaban J connectivity index is 2.08. The fraction of sp³-hybridized carbons (Fsp3) is 0.105. The molecule has 0 bridgehead atoms. The van der Waals surface area contributed by atoms with E-state index >= 15 is 0 Å². The minimum absolute atomic E-state index is 0.777. The zero-order chi connectivity index (χ0) is 16.2. The van der Waals surface area contributed by atoms with E-state index in [9.17, 15) is 5.11 Å². The molecule has 0 radical (unpaired) electrons. The lowest BCUT2D eigenvalue weighted by Gasteiger charge is -2.26. The summed E-state index contributed by atoms with van der Waals surface area (Å²) in [6.45, 7) is 1.94. The molecule has 4 rings (SSSR count). The fourth-order valence-electron chi connectivity index (χ4n) is 3.24. The van der Waals surface area contributed by atoms with Crippen molar-refractivity contribution in [3.05, 3.63) is 86.1 Å². The first kappa shape index (κ1) is 15.1. The number of aliphatic hydroxyl groups is 1. The first-order valence-corrected chi connectivity index (χ1v) is 8.84. The van der Waals surface area contributed by atoms with Gasteiger partial charge in [0.2, 0.25) is 0 Å². The van der Waals surface area contributed by atoms with Crippen molar-refractivity contribution in [1.82, 2.24) is 4.98 Å². The summed E-state index contributed by atoms with van der Waals surface area (Å²) in [6, 6.07) is 16.0. The van der Waals surface area contributed by atoms with Crippen LogP contribution in [0.2, 0.25) is 0 Å². The molecule has 4 heteroatoms. The number of hydrogen-bond acceptors (Lipinski definition) is 2. The second kappa shape index (κ2) is 5.26. The van der Waals surface area contributed by atoms with Gasteiger partial charge in [-0.2, -0.15) is 0 Å². The molecule has 1 aliphatic carbocycles. The Morgan fingerprint density at radius 1 is 0.870 bits per heavy atom. The molecule has 1 heterocycles. The van der Waals surface area contributed by atoms with Gasteiger partial charge in [-0.15, -0.1) is 0 Å². The Hall–Kier alpha value is -1.49. The maximum Gasteiger partial charge on any atom is 0.143 e. The lowest BCUT2D eigenvalue weighted by molar-refractivity contribution is 0.130. The van der Waals surface area contributed by atoms with Crippen molar-refractivity contribution >= 4 is 31.9 Å². The quantitative estimate of drug-likeness (QED) is 0.576. The molecule has 1 aromatic heterocycles. The van der Waals surface area contributed by atoms with Crippen LogP contribution in [0.5, 0.6) is 0 Å². The van der Waals surface area contributed by atoms with Crippen molar-refractivity contribution in [2.75, 3.05) is 0 Å². The van der Waals surface area contributed by atoms with Crippen LogP contribution in [-0.4, -0.2) is 10.1 Å². The fourth-order valence-corrected chi connectivity index (χ4v) is 3.96. The highest BCUT2D eigenvalue weighted by atomic mass is 79.9. The van der Waals surface area contributed by atoms with Gasteiger partial charge in [-0.3, -0.25) is 4.98 Å². The van der Waals surface area contributed by atoms with Gasteiger partial charge in [0.1, 0.15) is 5.60 Å². The molecule has 114 valence electrons. The minimum atomic E-state index is -1.20. The van der Waals surface area contributed by atoms with Crippen LogP contribution in [0.3, 0.4) is 0 Å². The van der Waals surface area contributed by atoms with Crippen LogP contribution < -0.4 is 0 Å². The number of fused-ring (bicyclic) bond motifs is 3. The summed E-state index contributed by atoms with van der Waals surface area (Å²) in [7, 11) is 0. The Labute approximate surface area is 151 Å². The van der Waals surface area contributed by atoms with Crippen LogP contribution in [0, 0.1) is 6.92 Å². The molecule has 0 atom stereocenters. The molecule has 2 aromatic carbocycles. The second-order valence-corrected chi connectivity index (χ2v) is 7.61. The van der Waals surface area contributed by atoms with Crippen LogP contribution >= 0.6 is 31.9 Å². The van der Waals surface area contributed by atoms with Gasteiger partial charge in [0.05, 0.1) is 0 Å². The van der Waals surface area contributed by atoms with Crippen molar-refractivity contribution in [2.24, 2.45) is 0 Å². The molecular weight excluding hydrogens is 418 g/mol. The third-order valence-corrected chi connectivity index (χ3v) is 5.35. The Morgan fingerprint density at radius 2 is 1.43 bits per heavy atom. The SMILES string of the molecule is Cc1ccc(C2(O)c3cc(Br)ccc3-c3ccc(Br)cc32)cn1. The lowest BCUT2D eigenvalue weighted by Crippen LogP contribution is -2.26. The molecule has 1 N–H and O–H groups in total. The van der Waals surface area contributed by atoms with Crippen molar-refractivity contribution < 1.29 is 5.11 Å². The third kappa shape index (κ3) is 2.20. The standard InChI is InChI=1S/C19H13Br2NO/c1-11-2-3-12(10-22-11)19(23)17-8-13(20)4-6-15(17)16-7-5-14(21)9-18(16)19/h2-10,23H,1H3. The summed E-state index contributed by atoms with van der Waals surface area (Å²) in [6.07, 6.45) is 1.76. The molecule has 0 fully saturated rings. The summed E-state index contributed by atoms with van der Waals surface area (Å²) < 4.78 is 1.89.